The second kappa shape index (κ2) is 9.86. The van der Waals surface area contributed by atoms with Gasteiger partial charge in [0.2, 0.25) is 5.91 Å². The summed E-state index contributed by atoms with van der Waals surface area (Å²) in [6.45, 7) is 0.666. The van der Waals surface area contributed by atoms with Crippen LogP contribution in [0.3, 0.4) is 0 Å². The van der Waals surface area contributed by atoms with E-state index in [0.29, 0.717) is 12.1 Å². The van der Waals surface area contributed by atoms with E-state index in [1.165, 1.54) is 9.78 Å². The number of benzene rings is 1. The molecule has 0 bridgehead atoms. The molecule has 1 N–H and O–H groups in total. The van der Waals surface area contributed by atoms with Gasteiger partial charge in [-0.1, -0.05) is 18.2 Å². The van der Waals surface area contributed by atoms with Crippen molar-refractivity contribution >= 4 is 50.8 Å². The number of halogens is 1. The highest BCUT2D eigenvalue weighted by molar-refractivity contribution is 9.11. The van der Waals surface area contributed by atoms with Gasteiger partial charge in [-0.25, -0.2) is 0 Å². The van der Waals surface area contributed by atoms with Crippen molar-refractivity contribution in [1.29, 1.82) is 0 Å². The standard InChI is InChI=1S/C17H19BrN2O2S2/c1-20(17(22)13-5-3-2-4-6-13)11-16(21)19-9-10-23-12-14-7-8-15(18)24-14/h2-8H,9-12H2,1H3,(H,19,21). The number of amides is 2. The molecule has 0 atom stereocenters. The quantitative estimate of drug-likeness (QED) is 0.655. The summed E-state index contributed by atoms with van der Waals surface area (Å²) in [5, 5.41) is 2.85. The first-order chi connectivity index (χ1) is 11.6. The Hall–Kier alpha value is -1.31. The van der Waals surface area contributed by atoms with E-state index >= 15 is 0 Å². The van der Waals surface area contributed by atoms with Crippen LogP contribution in [0, 0.1) is 0 Å². The zero-order valence-electron chi connectivity index (χ0n) is 13.3. The van der Waals surface area contributed by atoms with E-state index in [1.807, 2.05) is 24.3 Å². The van der Waals surface area contributed by atoms with Gasteiger partial charge in [-0.05, 0) is 40.2 Å². The number of hydrogen-bond donors (Lipinski definition) is 1. The molecular weight excluding hydrogens is 408 g/mol. The second-order valence-electron chi connectivity index (χ2n) is 5.14. The van der Waals surface area contributed by atoms with Gasteiger partial charge in [0.15, 0.2) is 0 Å². The first kappa shape index (κ1) is 19.0. The van der Waals surface area contributed by atoms with E-state index in [-0.39, 0.29) is 18.4 Å². The molecule has 0 unspecified atom stereocenters. The minimum atomic E-state index is -0.150. The van der Waals surface area contributed by atoms with E-state index in [4.69, 9.17) is 0 Å². The van der Waals surface area contributed by atoms with Crippen molar-refractivity contribution in [3.05, 3.63) is 56.7 Å². The largest absolute Gasteiger partial charge is 0.354 e. The molecule has 0 radical (unpaired) electrons. The number of thioether (sulfide) groups is 1. The molecule has 0 saturated heterocycles. The minimum absolute atomic E-state index is 0.0657. The molecule has 2 amide bonds. The summed E-state index contributed by atoms with van der Waals surface area (Å²) in [4.78, 5) is 26.8. The van der Waals surface area contributed by atoms with Gasteiger partial charge in [0.25, 0.3) is 5.91 Å². The van der Waals surface area contributed by atoms with Crippen LogP contribution in [0.4, 0.5) is 0 Å². The molecule has 4 nitrogen and oxygen atoms in total. The Labute approximate surface area is 158 Å². The van der Waals surface area contributed by atoms with Gasteiger partial charge in [-0.15, -0.1) is 11.3 Å². The Morgan fingerprint density at radius 2 is 1.96 bits per heavy atom. The molecule has 1 aromatic heterocycles. The van der Waals surface area contributed by atoms with Gasteiger partial charge in [0.1, 0.15) is 0 Å². The zero-order valence-corrected chi connectivity index (χ0v) is 16.5. The second-order valence-corrected chi connectivity index (χ2v) is 8.79. The number of nitrogens with one attached hydrogen (secondary N) is 1. The summed E-state index contributed by atoms with van der Waals surface area (Å²) < 4.78 is 1.14. The number of likely N-dealkylation sites (N-methyl/N-ethyl adjacent to an activating group) is 1. The summed E-state index contributed by atoms with van der Waals surface area (Å²) >= 11 is 6.95. The smallest absolute Gasteiger partial charge is 0.254 e. The molecule has 1 aromatic carbocycles. The normalized spacial score (nSPS) is 10.4. The molecule has 2 rings (SSSR count). The van der Waals surface area contributed by atoms with E-state index in [9.17, 15) is 9.59 Å². The van der Waals surface area contributed by atoms with E-state index in [1.54, 1.807) is 42.3 Å². The Kier molecular flexibility index (Phi) is 7.81. The van der Waals surface area contributed by atoms with Crippen LogP contribution in [0.2, 0.25) is 0 Å². The van der Waals surface area contributed by atoms with Crippen LogP contribution in [0.15, 0.2) is 46.3 Å². The fourth-order valence-electron chi connectivity index (χ4n) is 2.01. The third-order valence-electron chi connectivity index (χ3n) is 3.19. The van der Waals surface area contributed by atoms with Gasteiger partial charge < -0.3 is 10.2 Å². The van der Waals surface area contributed by atoms with Crippen LogP contribution in [-0.4, -0.2) is 42.6 Å². The maximum Gasteiger partial charge on any atom is 0.254 e. The average Bonchev–Trinajstić information content (AvgIpc) is 3.00. The van der Waals surface area contributed by atoms with Gasteiger partial charge in [0.05, 0.1) is 10.3 Å². The van der Waals surface area contributed by atoms with E-state index < -0.39 is 0 Å². The topological polar surface area (TPSA) is 49.4 Å². The molecule has 0 aliphatic carbocycles. The summed E-state index contributed by atoms with van der Waals surface area (Å²) in [6, 6.07) is 13.1. The minimum Gasteiger partial charge on any atom is -0.354 e. The molecule has 0 spiro atoms. The SMILES string of the molecule is CN(CC(=O)NCCSCc1ccc(Br)s1)C(=O)c1ccccc1. The number of carbonyl (C=O) groups is 2. The summed E-state index contributed by atoms with van der Waals surface area (Å²) in [7, 11) is 1.64. The molecule has 0 fully saturated rings. The molecule has 0 aliphatic rings. The van der Waals surface area contributed by atoms with Crippen molar-refractivity contribution in [1.82, 2.24) is 10.2 Å². The van der Waals surface area contributed by atoms with Crippen molar-refractivity contribution in [2.24, 2.45) is 0 Å². The average molecular weight is 427 g/mol. The number of thiophene rings is 1. The van der Waals surface area contributed by atoms with Crippen LogP contribution >= 0.6 is 39.0 Å². The Balaban J connectivity index is 1.63. The molecule has 128 valence electrons. The number of carbonyl (C=O) groups excluding carboxylic acids is 2. The highest BCUT2D eigenvalue weighted by atomic mass is 79.9. The Morgan fingerprint density at radius 3 is 2.62 bits per heavy atom. The molecule has 0 saturated carbocycles. The molecule has 24 heavy (non-hydrogen) atoms. The molecular formula is C17H19BrN2O2S2. The van der Waals surface area contributed by atoms with Crippen LogP contribution in [0.5, 0.6) is 0 Å². The lowest BCUT2D eigenvalue weighted by Gasteiger charge is -2.16. The van der Waals surface area contributed by atoms with E-state index in [0.717, 1.165) is 15.3 Å². The van der Waals surface area contributed by atoms with Gasteiger partial charge >= 0.3 is 0 Å². The van der Waals surface area contributed by atoms with Crippen LogP contribution < -0.4 is 5.32 Å². The number of rotatable bonds is 8. The van der Waals surface area contributed by atoms with Crippen molar-refractivity contribution < 1.29 is 9.59 Å². The Bertz CT molecular complexity index is 676. The molecule has 2 aromatic rings. The molecule has 7 heteroatoms. The van der Waals surface area contributed by atoms with Gasteiger partial charge in [0, 0.05) is 35.5 Å². The monoisotopic (exact) mass is 426 g/mol. The van der Waals surface area contributed by atoms with Gasteiger partial charge in [-0.3, -0.25) is 9.59 Å². The van der Waals surface area contributed by atoms with Crippen LogP contribution in [0.25, 0.3) is 0 Å². The zero-order chi connectivity index (χ0) is 17.4. The maximum absolute atomic E-state index is 12.2. The fraction of sp³-hybridized carbons (Fsp3) is 0.294. The Morgan fingerprint density at radius 1 is 1.21 bits per heavy atom. The summed E-state index contributed by atoms with van der Waals surface area (Å²) in [5.74, 6) is 1.50. The third-order valence-corrected chi connectivity index (χ3v) is 6.00. The predicted octanol–water partition coefficient (Wildman–Crippen LogP) is 3.63. The van der Waals surface area contributed by atoms with Crippen molar-refractivity contribution in [2.45, 2.75) is 5.75 Å². The number of nitrogens with zero attached hydrogens (tertiary/aromatic N) is 1. The summed E-state index contributed by atoms with van der Waals surface area (Å²) in [5.41, 5.74) is 0.588. The highest BCUT2D eigenvalue weighted by Crippen LogP contribution is 2.25. The number of hydrogen-bond acceptors (Lipinski definition) is 4. The van der Waals surface area contributed by atoms with E-state index in [2.05, 4.69) is 27.3 Å². The first-order valence-electron chi connectivity index (χ1n) is 7.45. The molecule has 0 aliphatic heterocycles. The lowest BCUT2D eigenvalue weighted by molar-refractivity contribution is -0.121. The van der Waals surface area contributed by atoms with Gasteiger partial charge in [-0.2, -0.15) is 11.8 Å². The van der Waals surface area contributed by atoms with Crippen LogP contribution in [-0.2, 0) is 10.5 Å². The maximum atomic E-state index is 12.2. The van der Waals surface area contributed by atoms with Crippen molar-refractivity contribution in [3.8, 4) is 0 Å². The lowest BCUT2D eigenvalue weighted by Crippen LogP contribution is -2.39. The third kappa shape index (κ3) is 6.30. The summed E-state index contributed by atoms with van der Waals surface area (Å²) in [6.07, 6.45) is 0. The fourth-order valence-corrected chi connectivity index (χ4v) is 4.46. The molecule has 1 heterocycles. The predicted molar refractivity (Wildman–Crippen MR) is 105 cm³/mol. The van der Waals surface area contributed by atoms with Crippen molar-refractivity contribution in [3.63, 3.8) is 0 Å². The van der Waals surface area contributed by atoms with Crippen LogP contribution in [0.1, 0.15) is 15.2 Å². The van der Waals surface area contributed by atoms with Crippen molar-refractivity contribution in [2.75, 3.05) is 25.9 Å². The lowest BCUT2D eigenvalue weighted by atomic mass is 10.2. The first-order valence-corrected chi connectivity index (χ1v) is 10.2. The highest BCUT2D eigenvalue weighted by Gasteiger charge is 2.14.